The van der Waals surface area contributed by atoms with Crippen molar-refractivity contribution in [1.29, 1.82) is 0 Å². The van der Waals surface area contributed by atoms with Crippen molar-refractivity contribution in [3.05, 3.63) is 70.3 Å². The lowest BCUT2D eigenvalue weighted by atomic mass is 10.2. The first-order chi connectivity index (χ1) is 14.4. The van der Waals surface area contributed by atoms with E-state index in [2.05, 4.69) is 20.4 Å². The Kier molecular flexibility index (Phi) is 5.37. The molecule has 30 heavy (non-hydrogen) atoms. The molecule has 0 saturated carbocycles. The number of rotatable bonds is 5. The summed E-state index contributed by atoms with van der Waals surface area (Å²) in [6.07, 6.45) is 1.69. The summed E-state index contributed by atoms with van der Waals surface area (Å²) in [5.74, 6) is 0.431. The molecule has 3 aromatic heterocycles. The number of amides is 1. The number of fused-ring (bicyclic) bond motifs is 1. The highest BCUT2D eigenvalue weighted by Crippen LogP contribution is 2.25. The second kappa shape index (κ2) is 8.11. The number of aryl methyl sites for hydroxylation is 2. The van der Waals surface area contributed by atoms with Crippen LogP contribution in [0.2, 0.25) is 0 Å². The Morgan fingerprint density at radius 1 is 1.20 bits per heavy atom. The van der Waals surface area contributed by atoms with Crippen LogP contribution in [-0.2, 0) is 4.79 Å². The zero-order chi connectivity index (χ0) is 21.3. The van der Waals surface area contributed by atoms with Gasteiger partial charge in [0.15, 0.2) is 5.16 Å². The predicted octanol–water partition coefficient (Wildman–Crippen LogP) is 3.50. The van der Waals surface area contributed by atoms with E-state index >= 15 is 0 Å². The second-order valence-corrected chi connectivity index (χ2v) is 8.14. The third-order valence-electron chi connectivity index (χ3n) is 4.40. The van der Waals surface area contributed by atoms with Gasteiger partial charge in [-0.1, -0.05) is 35.1 Å². The summed E-state index contributed by atoms with van der Waals surface area (Å²) in [7, 11) is 0. The first-order valence-electron chi connectivity index (χ1n) is 9.28. The summed E-state index contributed by atoms with van der Waals surface area (Å²) < 4.78 is 6.48. The number of pyridine rings is 1. The summed E-state index contributed by atoms with van der Waals surface area (Å²) in [4.78, 5) is 34.9. The quantitative estimate of drug-likeness (QED) is 0.388. The topological polar surface area (TPSA) is 103 Å². The van der Waals surface area contributed by atoms with E-state index in [-0.39, 0.29) is 17.4 Å². The van der Waals surface area contributed by atoms with Crippen LogP contribution in [0.5, 0.6) is 0 Å². The molecule has 0 aliphatic carbocycles. The van der Waals surface area contributed by atoms with E-state index in [1.54, 1.807) is 50.4 Å². The Labute approximate surface area is 176 Å². The molecule has 0 aliphatic heterocycles. The van der Waals surface area contributed by atoms with Crippen molar-refractivity contribution in [3.63, 3.8) is 0 Å². The molecule has 1 aromatic carbocycles. The Balaban J connectivity index is 1.73. The van der Waals surface area contributed by atoms with Gasteiger partial charge in [-0.15, -0.1) is 0 Å². The average molecular weight is 421 g/mol. The number of hydrogen-bond donors (Lipinski definition) is 1. The Hall–Kier alpha value is -3.46. The van der Waals surface area contributed by atoms with E-state index in [9.17, 15) is 9.59 Å². The minimum atomic E-state index is -0.555. The fourth-order valence-corrected chi connectivity index (χ4v) is 3.76. The number of hydrogen-bond acceptors (Lipinski definition) is 7. The third kappa shape index (κ3) is 3.97. The van der Waals surface area contributed by atoms with E-state index in [0.29, 0.717) is 27.6 Å². The zero-order valence-electron chi connectivity index (χ0n) is 16.6. The van der Waals surface area contributed by atoms with Gasteiger partial charge in [-0.3, -0.25) is 14.9 Å². The first-order valence-corrected chi connectivity index (χ1v) is 10.2. The van der Waals surface area contributed by atoms with Gasteiger partial charge in [0, 0.05) is 12.3 Å². The number of nitrogens with one attached hydrogen (secondary N) is 1. The van der Waals surface area contributed by atoms with Crippen LogP contribution in [-0.4, -0.2) is 30.8 Å². The Morgan fingerprint density at radius 2 is 2.00 bits per heavy atom. The molecule has 0 aliphatic rings. The molecule has 1 atom stereocenters. The highest BCUT2D eigenvalue weighted by Gasteiger charge is 2.21. The lowest BCUT2D eigenvalue weighted by Gasteiger charge is -2.15. The van der Waals surface area contributed by atoms with Gasteiger partial charge < -0.3 is 4.52 Å². The standard InChI is InChI=1S/C21H19N5O3S/c1-12-8-9-17(22-11-12)26-20(28)15-6-4-5-7-16(15)23-21(26)30-14(3)19(27)24-18-10-13(2)25-29-18/h4-11,14H,1-3H3,(H,24,27). The Morgan fingerprint density at radius 3 is 2.70 bits per heavy atom. The molecule has 0 radical (unpaired) electrons. The van der Waals surface area contributed by atoms with Crippen molar-refractivity contribution in [2.45, 2.75) is 31.2 Å². The van der Waals surface area contributed by atoms with Crippen molar-refractivity contribution >= 4 is 34.5 Å². The van der Waals surface area contributed by atoms with E-state index in [4.69, 9.17) is 4.52 Å². The second-order valence-electron chi connectivity index (χ2n) is 6.83. The van der Waals surface area contributed by atoms with Gasteiger partial charge in [0.05, 0.1) is 21.8 Å². The molecule has 152 valence electrons. The largest absolute Gasteiger partial charge is 0.338 e. The lowest BCUT2D eigenvalue weighted by molar-refractivity contribution is -0.115. The van der Waals surface area contributed by atoms with Gasteiger partial charge in [-0.2, -0.15) is 0 Å². The first kappa shape index (κ1) is 19.8. The highest BCUT2D eigenvalue weighted by atomic mass is 32.2. The molecule has 9 heteroatoms. The van der Waals surface area contributed by atoms with Crippen LogP contribution in [0.25, 0.3) is 16.7 Å². The smallest absolute Gasteiger partial charge is 0.267 e. The molecule has 0 saturated heterocycles. The maximum atomic E-state index is 13.2. The molecule has 1 unspecified atom stereocenters. The van der Waals surface area contributed by atoms with Gasteiger partial charge in [0.2, 0.25) is 11.8 Å². The van der Waals surface area contributed by atoms with Crippen LogP contribution in [0.15, 0.2) is 63.1 Å². The monoisotopic (exact) mass is 421 g/mol. The number of benzene rings is 1. The zero-order valence-corrected chi connectivity index (χ0v) is 17.4. The number of carbonyl (C=O) groups is 1. The van der Waals surface area contributed by atoms with E-state index < -0.39 is 5.25 Å². The summed E-state index contributed by atoms with van der Waals surface area (Å²) in [5, 5.41) is 6.75. The van der Waals surface area contributed by atoms with Gasteiger partial charge >= 0.3 is 0 Å². The number of aromatic nitrogens is 4. The van der Waals surface area contributed by atoms with Crippen LogP contribution >= 0.6 is 11.8 Å². The molecule has 0 spiro atoms. The number of thioether (sulfide) groups is 1. The number of nitrogens with zero attached hydrogens (tertiary/aromatic N) is 4. The predicted molar refractivity (Wildman–Crippen MR) is 115 cm³/mol. The molecule has 8 nitrogen and oxygen atoms in total. The molecule has 4 aromatic rings. The van der Waals surface area contributed by atoms with Crippen LogP contribution in [0, 0.1) is 13.8 Å². The van der Waals surface area contributed by atoms with E-state index in [1.165, 1.54) is 16.3 Å². The van der Waals surface area contributed by atoms with Crippen LogP contribution in [0.1, 0.15) is 18.2 Å². The van der Waals surface area contributed by atoms with Crippen molar-refractivity contribution in [2.24, 2.45) is 0 Å². The van der Waals surface area contributed by atoms with Crippen molar-refractivity contribution in [3.8, 4) is 5.82 Å². The highest BCUT2D eigenvalue weighted by molar-refractivity contribution is 8.00. The van der Waals surface area contributed by atoms with E-state index in [0.717, 1.165) is 5.56 Å². The molecule has 0 fully saturated rings. The molecular weight excluding hydrogens is 402 g/mol. The van der Waals surface area contributed by atoms with Crippen LogP contribution in [0.4, 0.5) is 5.88 Å². The van der Waals surface area contributed by atoms with Gasteiger partial charge in [0.1, 0.15) is 5.82 Å². The summed E-state index contributed by atoms with van der Waals surface area (Å²) in [5.41, 5.74) is 1.97. The minimum absolute atomic E-state index is 0.238. The van der Waals surface area contributed by atoms with Crippen molar-refractivity contribution < 1.29 is 9.32 Å². The summed E-state index contributed by atoms with van der Waals surface area (Å²) in [6.45, 7) is 5.42. The molecule has 3 heterocycles. The maximum Gasteiger partial charge on any atom is 0.267 e. The number of anilines is 1. The van der Waals surface area contributed by atoms with Crippen molar-refractivity contribution in [2.75, 3.05) is 5.32 Å². The van der Waals surface area contributed by atoms with Crippen molar-refractivity contribution in [1.82, 2.24) is 19.7 Å². The van der Waals surface area contributed by atoms with Gasteiger partial charge in [-0.05, 0) is 44.5 Å². The fraction of sp³-hybridized carbons (Fsp3) is 0.190. The molecule has 1 N–H and O–H groups in total. The van der Waals surface area contributed by atoms with Gasteiger partial charge in [-0.25, -0.2) is 14.5 Å². The summed E-state index contributed by atoms with van der Waals surface area (Å²) in [6, 6.07) is 12.4. The van der Waals surface area contributed by atoms with E-state index in [1.807, 2.05) is 19.1 Å². The van der Waals surface area contributed by atoms with Crippen LogP contribution in [0.3, 0.4) is 0 Å². The Bertz CT molecular complexity index is 1280. The molecule has 1 amide bonds. The molecule has 0 bridgehead atoms. The third-order valence-corrected chi connectivity index (χ3v) is 5.45. The number of para-hydroxylation sites is 1. The molecular formula is C21H19N5O3S. The number of carbonyl (C=O) groups excluding carboxylic acids is 1. The normalized spacial score (nSPS) is 12.1. The SMILES string of the molecule is Cc1ccc(-n2c(SC(C)C(=O)Nc3cc(C)no3)nc3ccccc3c2=O)nc1. The summed E-state index contributed by atoms with van der Waals surface area (Å²) >= 11 is 1.17. The van der Waals surface area contributed by atoms with Gasteiger partial charge in [0.25, 0.3) is 5.56 Å². The van der Waals surface area contributed by atoms with Crippen LogP contribution < -0.4 is 10.9 Å². The fourth-order valence-electron chi connectivity index (χ4n) is 2.84. The average Bonchev–Trinajstić information content (AvgIpc) is 3.14. The lowest BCUT2D eigenvalue weighted by Crippen LogP contribution is -2.26. The maximum absolute atomic E-state index is 13.2. The minimum Gasteiger partial charge on any atom is -0.338 e. The molecule has 4 rings (SSSR count).